The summed E-state index contributed by atoms with van der Waals surface area (Å²) >= 11 is 5.62. The van der Waals surface area contributed by atoms with Crippen LogP contribution >= 0.6 is 11.6 Å². The van der Waals surface area contributed by atoms with Gasteiger partial charge in [0.1, 0.15) is 6.61 Å². The Kier molecular flexibility index (Phi) is 9.29. The molecule has 0 aliphatic heterocycles. The maximum atomic E-state index is 5.71. The van der Waals surface area contributed by atoms with Gasteiger partial charge in [0.05, 0.1) is 6.61 Å². The third kappa shape index (κ3) is 7.28. The molecular formula is C15H24ClNO2. The number of unbranched alkanes of at least 4 members (excludes halogenated alkanes) is 2. The molecule has 1 aromatic carbocycles. The van der Waals surface area contributed by atoms with Gasteiger partial charge in [-0.05, 0) is 38.4 Å². The first-order valence-corrected chi connectivity index (χ1v) is 7.53. The van der Waals surface area contributed by atoms with Crippen LogP contribution in [0.15, 0.2) is 24.3 Å². The predicted molar refractivity (Wildman–Crippen MR) is 80.5 cm³/mol. The van der Waals surface area contributed by atoms with E-state index in [2.05, 4.69) is 5.32 Å². The molecule has 0 atom stereocenters. The Morgan fingerprint density at radius 3 is 2.42 bits per heavy atom. The largest absolute Gasteiger partial charge is 0.490 e. The number of rotatable bonds is 11. The number of alkyl halides is 1. The van der Waals surface area contributed by atoms with Crippen LogP contribution in [0.25, 0.3) is 0 Å². The zero-order valence-corrected chi connectivity index (χ0v) is 12.4. The van der Waals surface area contributed by atoms with E-state index >= 15 is 0 Å². The van der Waals surface area contributed by atoms with E-state index in [4.69, 9.17) is 21.1 Å². The molecule has 0 amide bonds. The smallest absolute Gasteiger partial charge is 0.161 e. The molecule has 0 aliphatic rings. The van der Waals surface area contributed by atoms with Crippen molar-refractivity contribution in [1.29, 1.82) is 0 Å². The third-order valence-electron chi connectivity index (χ3n) is 2.67. The lowest BCUT2D eigenvalue weighted by atomic mass is 10.2. The Balaban J connectivity index is 2.12. The van der Waals surface area contributed by atoms with Crippen molar-refractivity contribution in [3.63, 3.8) is 0 Å². The van der Waals surface area contributed by atoms with Crippen molar-refractivity contribution in [2.24, 2.45) is 0 Å². The first-order chi connectivity index (χ1) is 9.38. The second kappa shape index (κ2) is 10.9. The van der Waals surface area contributed by atoms with E-state index in [1.807, 2.05) is 31.2 Å². The number of nitrogens with one attached hydrogen (secondary N) is 1. The number of para-hydroxylation sites is 2. The summed E-state index contributed by atoms with van der Waals surface area (Å²) in [4.78, 5) is 0. The van der Waals surface area contributed by atoms with Crippen molar-refractivity contribution in [3.05, 3.63) is 24.3 Å². The molecule has 0 saturated carbocycles. The summed E-state index contributed by atoms with van der Waals surface area (Å²) in [6.45, 7) is 5.15. The first kappa shape index (κ1) is 16.1. The van der Waals surface area contributed by atoms with E-state index in [0.29, 0.717) is 13.2 Å². The highest BCUT2D eigenvalue weighted by atomic mass is 35.5. The van der Waals surface area contributed by atoms with Crippen LogP contribution in [-0.4, -0.2) is 32.2 Å². The minimum atomic E-state index is 0.652. The van der Waals surface area contributed by atoms with E-state index in [1.54, 1.807) is 0 Å². The van der Waals surface area contributed by atoms with Crippen molar-refractivity contribution in [2.45, 2.75) is 26.2 Å². The quantitative estimate of drug-likeness (QED) is 0.499. The Bertz CT molecular complexity index is 334. The van der Waals surface area contributed by atoms with Crippen molar-refractivity contribution >= 4 is 11.6 Å². The van der Waals surface area contributed by atoms with Crippen molar-refractivity contribution in [2.75, 3.05) is 32.2 Å². The predicted octanol–water partition coefficient (Wildman–Crippen LogP) is 3.46. The van der Waals surface area contributed by atoms with Crippen LogP contribution in [-0.2, 0) is 0 Å². The summed E-state index contributed by atoms with van der Waals surface area (Å²) in [5, 5.41) is 3.36. The number of halogens is 1. The van der Waals surface area contributed by atoms with Gasteiger partial charge in [-0.2, -0.15) is 0 Å². The number of ether oxygens (including phenoxy) is 2. The molecule has 19 heavy (non-hydrogen) atoms. The maximum Gasteiger partial charge on any atom is 0.161 e. The number of benzene rings is 1. The third-order valence-corrected chi connectivity index (χ3v) is 2.94. The fourth-order valence-electron chi connectivity index (χ4n) is 1.72. The molecule has 1 rings (SSSR count). The second-order valence-corrected chi connectivity index (χ2v) is 4.61. The summed E-state index contributed by atoms with van der Waals surface area (Å²) in [6.07, 6.45) is 3.45. The van der Waals surface area contributed by atoms with Crippen LogP contribution in [0.3, 0.4) is 0 Å². The molecular weight excluding hydrogens is 262 g/mol. The van der Waals surface area contributed by atoms with E-state index in [1.165, 1.54) is 12.8 Å². The summed E-state index contributed by atoms with van der Waals surface area (Å²) in [6, 6.07) is 7.77. The highest BCUT2D eigenvalue weighted by Crippen LogP contribution is 2.25. The summed E-state index contributed by atoms with van der Waals surface area (Å²) in [5.41, 5.74) is 0. The van der Waals surface area contributed by atoms with E-state index in [9.17, 15) is 0 Å². The van der Waals surface area contributed by atoms with Gasteiger partial charge in [0.2, 0.25) is 0 Å². The van der Waals surface area contributed by atoms with Gasteiger partial charge >= 0.3 is 0 Å². The normalized spacial score (nSPS) is 10.4. The molecule has 0 bridgehead atoms. The Labute approximate surface area is 121 Å². The summed E-state index contributed by atoms with van der Waals surface area (Å²) in [5.74, 6) is 2.39. The van der Waals surface area contributed by atoms with E-state index < -0.39 is 0 Å². The van der Waals surface area contributed by atoms with Gasteiger partial charge in [-0.3, -0.25) is 0 Å². The average Bonchev–Trinajstić information content (AvgIpc) is 2.44. The Morgan fingerprint density at radius 2 is 1.74 bits per heavy atom. The molecule has 0 radical (unpaired) electrons. The molecule has 0 unspecified atom stereocenters. The van der Waals surface area contributed by atoms with Gasteiger partial charge in [-0.1, -0.05) is 18.6 Å². The molecule has 0 saturated heterocycles. The lowest BCUT2D eigenvalue weighted by molar-refractivity contribution is 0.275. The highest BCUT2D eigenvalue weighted by Gasteiger charge is 2.02. The summed E-state index contributed by atoms with van der Waals surface area (Å²) < 4.78 is 11.2. The number of hydrogen-bond donors (Lipinski definition) is 1. The lowest BCUT2D eigenvalue weighted by Gasteiger charge is -2.11. The first-order valence-electron chi connectivity index (χ1n) is 6.99. The van der Waals surface area contributed by atoms with Gasteiger partial charge in [0.15, 0.2) is 11.5 Å². The standard InChI is InChI=1S/C15H24ClNO2/c1-2-18-14-8-4-5-9-15(14)19-13-12-17-11-7-3-6-10-16/h4-5,8-9,17H,2-3,6-7,10-13H2,1H3. The lowest BCUT2D eigenvalue weighted by Crippen LogP contribution is -2.22. The second-order valence-electron chi connectivity index (χ2n) is 4.23. The topological polar surface area (TPSA) is 30.5 Å². The monoisotopic (exact) mass is 285 g/mol. The van der Waals surface area contributed by atoms with Crippen molar-refractivity contribution in [3.8, 4) is 11.5 Å². The molecule has 4 heteroatoms. The van der Waals surface area contributed by atoms with Gasteiger partial charge in [0.25, 0.3) is 0 Å². The van der Waals surface area contributed by atoms with Crippen molar-refractivity contribution in [1.82, 2.24) is 5.32 Å². The van der Waals surface area contributed by atoms with E-state index in [0.717, 1.165) is 36.9 Å². The molecule has 1 N–H and O–H groups in total. The fourth-order valence-corrected chi connectivity index (χ4v) is 1.91. The minimum absolute atomic E-state index is 0.652. The molecule has 3 nitrogen and oxygen atoms in total. The summed E-state index contributed by atoms with van der Waals surface area (Å²) in [7, 11) is 0. The van der Waals surface area contributed by atoms with Gasteiger partial charge in [-0.15, -0.1) is 11.6 Å². The van der Waals surface area contributed by atoms with Gasteiger partial charge in [0, 0.05) is 12.4 Å². The van der Waals surface area contributed by atoms with Gasteiger partial charge in [-0.25, -0.2) is 0 Å². The molecule has 0 aromatic heterocycles. The Hall–Kier alpha value is -0.930. The van der Waals surface area contributed by atoms with E-state index in [-0.39, 0.29) is 0 Å². The SMILES string of the molecule is CCOc1ccccc1OCCNCCCCCCl. The molecule has 0 aliphatic carbocycles. The molecule has 108 valence electrons. The van der Waals surface area contributed by atoms with Crippen LogP contribution in [0, 0.1) is 0 Å². The Morgan fingerprint density at radius 1 is 1.00 bits per heavy atom. The average molecular weight is 286 g/mol. The van der Waals surface area contributed by atoms with Crippen molar-refractivity contribution < 1.29 is 9.47 Å². The van der Waals surface area contributed by atoms with Crippen LogP contribution < -0.4 is 14.8 Å². The fraction of sp³-hybridized carbons (Fsp3) is 0.600. The maximum absolute atomic E-state index is 5.71. The number of hydrogen-bond acceptors (Lipinski definition) is 3. The zero-order chi connectivity index (χ0) is 13.8. The van der Waals surface area contributed by atoms with Crippen LogP contribution in [0.2, 0.25) is 0 Å². The van der Waals surface area contributed by atoms with Crippen LogP contribution in [0.5, 0.6) is 11.5 Å². The molecule has 0 spiro atoms. The van der Waals surface area contributed by atoms with Gasteiger partial charge < -0.3 is 14.8 Å². The van der Waals surface area contributed by atoms with Crippen LogP contribution in [0.1, 0.15) is 26.2 Å². The van der Waals surface area contributed by atoms with Crippen LogP contribution in [0.4, 0.5) is 0 Å². The zero-order valence-electron chi connectivity index (χ0n) is 11.7. The molecule has 0 fully saturated rings. The highest BCUT2D eigenvalue weighted by molar-refractivity contribution is 6.17. The molecule has 0 heterocycles. The molecule has 1 aromatic rings. The minimum Gasteiger partial charge on any atom is -0.490 e.